The fraction of sp³-hybridized carbons (Fsp3) is 0.211. The molecule has 4 rings (SSSR count). The molecular formula is C19H12F5N3O2. The number of carbonyl (C=O) groups is 1. The van der Waals surface area contributed by atoms with Gasteiger partial charge in [0.1, 0.15) is 0 Å². The van der Waals surface area contributed by atoms with Gasteiger partial charge in [-0.2, -0.15) is 22.0 Å². The van der Waals surface area contributed by atoms with Gasteiger partial charge in [-0.15, -0.1) is 10.2 Å². The van der Waals surface area contributed by atoms with Crippen molar-refractivity contribution in [2.75, 3.05) is 0 Å². The van der Waals surface area contributed by atoms with E-state index in [9.17, 15) is 26.7 Å². The van der Waals surface area contributed by atoms with E-state index in [1.807, 2.05) is 0 Å². The van der Waals surface area contributed by atoms with Crippen LogP contribution in [0.2, 0.25) is 0 Å². The van der Waals surface area contributed by atoms with Crippen LogP contribution in [0.25, 0.3) is 11.5 Å². The number of halogens is 5. The maximum absolute atomic E-state index is 12.7. The molecule has 5 nitrogen and oxygen atoms in total. The van der Waals surface area contributed by atoms with Crippen molar-refractivity contribution >= 4 is 5.91 Å². The minimum absolute atomic E-state index is 0.128. The molecule has 0 saturated carbocycles. The van der Waals surface area contributed by atoms with Gasteiger partial charge in [-0.05, 0) is 35.4 Å². The van der Waals surface area contributed by atoms with E-state index in [0.717, 1.165) is 12.1 Å². The van der Waals surface area contributed by atoms with Crippen molar-refractivity contribution in [3.63, 3.8) is 0 Å². The molecule has 2 heterocycles. The fourth-order valence-corrected chi connectivity index (χ4v) is 3.08. The van der Waals surface area contributed by atoms with Gasteiger partial charge in [0.25, 0.3) is 11.8 Å². The molecule has 2 aromatic carbocycles. The van der Waals surface area contributed by atoms with E-state index < -0.39 is 24.1 Å². The Balaban J connectivity index is 1.52. The molecule has 0 atom stereocenters. The van der Waals surface area contributed by atoms with Crippen molar-refractivity contribution in [1.82, 2.24) is 15.1 Å². The summed E-state index contributed by atoms with van der Waals surface area (Å²) in [5.74, 6) is -1.26. The van der Waals surface area contributed by atoms with Gasteiger partial charge in [-0.25, -0.2) is 0 Å². The maximum atomic E-state index is 12.7. The molecule has 150 valence electrons. The van der Waals surface area contributed by atoms with Gasteiger partial charge in [-0.1, -0.05) is 18.2 Å². The summed E-state index contributed by atoms with van der Waals surface area (Å²) in [5, 5.41) is 6.82. The molecule has 0 unspecified atom stereocenters. The Hall–Kier alpha value is -3.30. The minimum Gasteiger partial charge on any atom is -0.415 e. The number of rotatable bonds is 4. The third-order valence-electron chi connectivity index (χ3n) is 4.52. The molecule has 0 aliphatic carbocycles. The summed E-state index contributed by atoms with van der Waals surface area (Å²) in [5.41, 5.74) is 1.18. The van der Waals surface area contributed by atoms with Crippen LogP contribution in [-0.4, -0.2) is 21.0 Å². The van der Waals surface area contributed by atoms with Crippen molar-refractivity contribution in [3.05, 3.63) is 70.6 Å². The molecule has 0 bridgehead atoms. The summed E-state index contributed by atoms with van der Waals surface area (Å²) < 4.78 is 68.1. The average molecular weight is 409 g/mol. The van der Waals surface area contributed by atoms with Crippen LogP contribution in [0.3, 0.4) is 0 Å². The molecule has 1 aromatic heterocycles. The van der Waals surface area contributed by atoms with Gasteiger partial charge in [0.2, 0.25) is 5.89 Å². The lowest BCUT2D eigenvalue weighted by atomic mass is 10.1. The average Bonchev–Trinajstić information content (AvgIpc) is 3.27. The molecule has 1 amide bonds. The number of hydrogen-bond acceptors (Lipinski definition) is 4. The van der Waals surface area contributed by atoms with Crippen molar-refractivity contribution < 1.29 is 31.2 Å². The number of aromatic nitrogens is 2. The van der Waals surface area contributed by atoms with E-state index in [1.165, 1.54) is 23.1 Å². The van der Waals surface area contributed by atoms with Crippen molar-refractivity contribution in [1.29, 1.82) is 0 Å². The standard InChI is InChI=1S/C19H12F5N3O2/c20-15(21)17-26-25-16(29-17)11-3-4-12-9-27(18(28)14(12)7-11)8-10-1-5-13(6-2-10)19(22,23)24/h1-7,15H,8-9H2. The van der Waals surface area contributed by atoms with Crippen LogP contribution >= 0.6 is 0 Å². The van der Waals surface area contributed by atoms with Gasteiger partial charge in [0.05, 0.1) is 5.56 Å². The minimum atomic E-state index is -4.42. The zero-order chi connectivity index (χ0) is 20.8. The van der Waals surface area contributed by atoms with E-state index in [4.69, 9.17) is 4.42 Å². The van der Waals surface area contributed by atoms with Gasteiger partial charge in [0, 0.05) is 24.2 Å². The highest BCUT2D eigenvalue weighted by Gasteiger charge is 2.31. The van der Waals surface area contributed by atoms with Gasteiger partial charge in [-0.3, -0.25) is 4.79 Å². The lowest BCUT2D eigenvalue weighted by molar-refractivity contribution is -0.137. The molecule has 29 heavy (non-hydrogen) atoms. The van der Waals surface area contributed by atoms with Gasteiger partial charge >= 0.3 is 12.6 Å². The summed E-state index contributed by atoms with van der Waals surface area (Å²) in [7, 11) is 0. The molecule has 0 N–H and O–H groups in total. The second-order valence-electron chi connectivity index (χ2n) is 6.47. The van der Waals surface area contributed by atoms with Crippen molar-refractivity contribution in [2.24, 2.45) is 0 Å². The monoisotopic (exact) mass is 409 g/mol. The van der Waals surface area contributed by atoms with Gasteiger partial charge < -0.3 is 9.32 Å². The van der Waals surface area contributed by atoms with E-state index in [1.54, 1.807) is 12.1 Å². The lowest BCUT2D eigenvalue weighted by Gasteiger charge is -2.16. The summed E-state index contributed by atoms with van der Waals surface area (Å²) in [4.78, 5) is 14.2. The molecular weight excluding hydrogens is 397 g/mol. The number of fused-ring (bicyclic) bond motifs is 1. The Morgan fingerprint density at radius 1 is 1.07 bits per heavy atom. The van der Waals surface area contributed by atoms with Crippen LogP contribution in [0.1, 0.15) is 39.4 Å². The van der Waals surface area contributed by atoms with E-state index in [2.05, 4.69) is 10.2 Å². The van der Waals surface area contributed by atoms with E-state index >= 15 is 0 Å². The smallest absolute Gasteiger partial charge is 0.415 e. The Morgan fingerprint density at radius 3 is 2.41 bits per heavy atom. The third-order valence-corrected chi connectivity index (χ3v) is 4.52. The number of carbonyl (C=O) groups excluding carboxylic acids is 1. The molecule has 0 radical (unpaired) electrons. The first kappa shape index (κ1) is 19.0. The Morgan fingerprint density at radius 2 is 1.79 bits per heavy atom. The number of alkyl halides is 5. The van der Waals surface area contributed by atoms with Crippen molar-refractivity contribution in [2.45, 2.75) is 25.7 Å². The molecule has 1 aliphatic heterocycles. The first-order valence-electron chi connectivity index (χ1n) is 8.42. The largest absolute Gasteiger partial charge is 0.416 e. The maximum Gasteiger partial charge on any atom is 0.416 e. The topological polar surface area (TPSA) is 59.2 Å². The van der Waals surface area contributed by atoms with Crippen LogP contribution in [0.15, 0.2) is 46.9 Å². The van der Waals surface area contributed by atoms with Crippen LogP contribution in [0, 0.1) is 0 Å². The zero-order valence-electron chi connectivity index (χ0n) is 14.6. The van der Waals surface area contributed by atoms with Crippen LogP contribution in [-0.2, 0) is 19.3 Å². The fourth-order valence-electron chi connectivity index (χ4n) is 3.08. The molecule has 0 saturated heterocycles. The highest BCUT2D eigenvalue weighted by atomic mass is 19.4. The summed E-state index contributed by atoms with van der Waals surface area (Å²) in [6.45, 7) is 0.415. The summed E-state index contributed by atoms with van der Waals surface area (Å²) in [6, 6.07) is 9.31. The lowest BCUT2D eigenvalue weighted by Crippen LogP contribution is -2.23. The van der Waals surface area contributed by atoms with E-state index in [0.29, 0.717) is 22.3 Å². The van der Waals surface area contributed by atoms with Crippen LogP contribution in [0.4, 0.5) is 22.0 Å². The first-order valence-corrected chi connectivity index (χ1v) is 8.42. The van der Waals surface area contributed by atoms with Crippen molar-refractivity contribution in [3.8, 4) is 11.5 Å². The zero-order valence-corrected chi connectivity index (χ0v) is 14.6. The van der Waals surface area contributed by atoms with Crippen LogP contribution in [0.5, 0.6) is 0 Å². The summed E-state index contributed by atoms with van der Waals surface area (Å²) >= 11 is 0. The highest BCUT2D eigenvalue weighted by Crippen LogP contribution is 2.32. The van der Waals surface area contributed by atoms with Gasteiger partial charge in [0.15, 0.2) is 0 Å². The highest BCUT2D eigenvalue weighted by molar-refractivity contribution is 5.99. The SMILES string of the molecule is O=C1c2cc(-c3nnc(C(F)F)o3)ccc2CN1Cc1ccc(C(F)(F)F)cc1. The quantitative estimate of drug-likeness (QED) is 0.578. The van der Waals surface area contributed by atoms with Crippen LogP contribution < -0.4 is 0 Å². The number of hydrogen-bond donors (Lipinski definition) is 0. The predicted molar refractivity (Wildman–Crippen MR) is 89.7 cm³/mol. The third kappa shape index (κ3) is 3.69. The Bertz CT molecular complexity index is 1060. The molecule has 0 spiro atoms. The summed E-state index contributed by atoms with van der Waals surface area (Å²) in [6.07, 6.45) is -7.32. The predicted octanol–water partition coefficient (Wildman–Crippen LogP) is 4.85. The second kappa shape index (κ2) is 6.94. The second-order valence-corrected chi connectivity index (χ2v) is 6.47. The van der Waals surface area contributed by atoms with E-state index in [-0.39, 0.29) is 24.9 Å². The normalized spacial score (nSPS) is 14.0. The number of benzene rings is 2. The first-order chi connectivity index (χ1) is 13.7. The molecule has 1 aliphatic rings. The molecule has 3 aromatic rings. The molecule has 10 heteroatoms. The number of nitrogens with zero attached hydrogens (tertiary/aromatic N) is 3. The Labute approximate surface area is 160 Å². The Kier molecular flexibility index (Phi) is 4.56. The molecule has 0 fully saturated rings. The number of amides is 1.